The molecular formula is C12H12F2O4. The third-order valence-corrected chi connectivity index (χ3v) is 2.84. The summed E-state index contributed by atoms with van der Waals surface area (Å²) >= 11 is 0. The first-order valence-electron chi connectivity index (χ1n) is 5.43. The SMILES string of the molecule is CC(C)C(C(=O)O)c1cc2c(F)c(F)c1OCO2. The van der Waals surface area contributed by atoms with E-state index < -0.39 is 23.5 Å². The molecule has 0 saturated heterocycles. The minimum absolute atomic E-state index is 0.101. The summed E-state index contributed by atoms with van der Waals surface area (Å²) in [5, 5.41) is 9.18. The molecule has 2 heterocycles. The van der Waals surface area contributed by atoms with Gasteiger partial charge in [-0.3, -0.25) is 4.79 Å². The maximum Gasteiger partial charge on any atom is 0.311 e. The number of aliphatic carboxylic acids is 1. The summed E-state index contributed by atoms with van der Waals surface area (Å²) in [4.78, 5) is 11.2. The molecule has 2 bridgehead atoms. The number of benzene rings is 1. The number of hydrogen-bond donors (Lipinski definition) is 1. The Hall–Kier alpha value is -1.85. The molecule has 3 rings (SSSR count). The first kappa shape index (κ1) is 12.6. The molecule has 0 saturated carbocycles. The van der Waals surface area contributed by atoms with Gasteiger partial charge in [-0.05, 0) is 12.0 Å². The Labute approximate surface area is 102 Å². The zero-order valence-corrected chi connectivity index (χ0v) is 9.87. The van der Waals surface area contributed by atoms with Crippen molar-refractivity contribution in [2.75, 3.05) is 6.79 Å². The lowest BCUT2D eigenvalue weighted by molar-refractivity contribution is -0.139. The molecule has 2 aliphatic heterocycles. The zero-order chi connectivity index (χ0) is 13.4. The Morgan fingerprint density at radius 2 is 2.00 bits per heavy atom. The number of rotatable bonds is 3. The summed E-state index contributed by atoms with van der Waals surface area (Å²) in [5.41, 5.74) is 0.101. The summed E-state index contributed by atoms with van der Waals surface area (Å²) in [6, 6.07) is 1.19. The molecule has 0 fully saturated rings. The molecule has 4 nitrogen and oxygen atoms in total. The molecule has 1 N–H and O–H groups in total. The molecule has 0 radical (unpaired) electrons. The molecule has 0 spiro atoms. The van der Waals surface area contributed by atoms with Crippen LogP contribution in [-0.4, -0.2) is 17.9 Å². The minimum atomic E-state index is -1.20. The monoisotopic (exact) mass is 258 g/mol. The van der Waals surface area contributed by atoms with Gasteiger partial charge in [0.1, 0.15) is 0 Å². The number of hydrogen-bond acceptors (Lipinski definition) is 3. The van der Waals surface area contributed by atoms with Gasteiger partial charge in [0, 0.05) is 5.56 Å². The van der Waals surface area contributed by atoms with Gasteiger partial charge in [-0.1, -0.05) is 13.8 Å². The second kappa shape index (κ2) is 4.44. The Morgan fingerprint density at radius 1 is 1.33 bits per heavy atom. The summed E-state index contributed by atoms with van der Waals surface area (Å²) in [6.07, 6.45) is 0. The molecule has 0 amide bonds. The van der Waals surface area contributed by atoms with Crippen LogP contribution in [-0.2, 0) is 4.79 Å². The van der Waals surface area contributed by atoms with Gasteiger partial charge < -0.3 is 14.6 Å². The molecule has 0 aromatic heterocycles. The number of carboxylic acid groups (broad SMARTS) is 1. The van der Waals surface area contributed by atoms with Gasteiger partial charge in [0.15, 0.2) is 11.5 Å². The highest BCUT2D eigenvalue weighted by Gasteiger charge is 2.33. The van der Waals surface area contributed by atoms with Crippen molar-refractivity contribution in [3.63, 3.8) is 0 Å². The highest BCUT2D eigenvalue weighted by atomic mass is 19.2. The Morgan fingerprint density at radius 3 is 2.56 bits per heavy atom. The molecule has 0 aliphatic carbocycles. The average Bonchev–Trinajstić information content (AvgIpc) is 2.54. The Kier molecular flexibility index (Phi) is 3.11. The summed E-state index contributed by atoms with van der Waals surface area (Å²) in [7, 11) is 0. The summed E-state index contributed by atoms with van der Waals surface area (Å²) < 4.78 is 36.9. The van der Waals surface area contributed by atoms with Gasteiger partial charge in [-0.2, -0.15) is 8.78 Å². The van der Waals surface area contributed by atoms with E-state index in [4.69, 9.17) is 9.47 Å². The normalized spacial score (nSPS) is 14.9. The smallest absolute Gasteiger partial charge is 0.311 e. The maximum absolute atomic E-state index is 13.7. The first-order chi connectivity index (χ1) is 8.43. The summed E-state index contributed by atoms with van der Waals surface area (Å²) in [5.74, 6) is -5.44. The molecule has 18 heavy (non-hydrogen) atoms. The van der Waals surface area contributed by atoms with Crippen LogP contribution in [0.3, 0.4) is 0 Å². The van der Waals surface area contributed by atoms with Crippen molar-refractivity contribution in [1.82, 2.24) is 0 Å². The topological polar surface area (TPSA) is 55.8 Å². The fraction of sp³-hybridized carbons (Fsp3) is 0.417. The Balaban J connectivity index is 2.62. The van der Waals surface area contributed by atoms with E-state index in [-0.39, 0.29) is 29.8 Å². The van der Waals surface area contributed by atoms with Crippen LogP contribution < -0.4 is 9.47 Å². The van der Waals surface area contributed by atoms with Gasteiger partial charge in [0.25, 0.3) is 0 Å². The van der Waals surface area contributed by atoms with Gasteiger partial charge in [0.2, 0.25) is 18.4 Å². The minimum Gasteiger partial charge on any atom is -0.481 e. The van der Waals surface area contributed by atoms with Crippen molar-refractivity contribution < 1.29 is 28.2 Å². The maximum atomic E-state index is 13.7. The number of carbonyl (C=O) groups is 1. The van der Waals surface area contributed by atoms with Crippen LogP contribution in [0.15, 0.2) is 6.07 Å². The zero-order valence-electron chi connectivity index (χ0n) is 9.87. The van der Waals surface area contributed by atoms with E-state index in [0.29, 0.717) is 0 Å². The fourth-order valence-corrected chi connectivity index (χ4v) is 2.02. The highest BCUT2D eigenvalue weighted by molar-refractivity contribution is 5.78. The fourth-order valence-electron chi connectivity index (χ4n) is 2.02. The summed E-state index contributed by atoms with van der Waals surface area (Å²) in [6.45, 7) is 3.03. The Bertz CT molecular complexity index is 499. The van der Waals surface area contributed by atoms with Crippen molar-refractivity contribution in [1.29, 1.82) is 0 Å². The largest absolute Gasteiger partial charge is 0.481 e. The van der Waals surface area contributed by atoms with Gasteiger partial charge in [0.05, 0.1) is 5.92 Å². The van der Waals surface area contributed by atoms with Crippen LogP contribution in [0.1, 0.15) is 25.3 Å². The molecule has 1 atom stereocenters. The van der Waals surface area contributed by atoms with Crippen LogP contribution in [0.5, 0.6) is 11.5 Å². The lowest BCUT2D eigenvalue weighted by atomic mass is 9.87. The molecule has 1 unspecified atom stereocenters. The van der Waals surface area contributed by atoms with Crippen LogP contribution in [0.2, 0.25) is 0 Å². The van der Waals surface area contributed by atoms with E-state index in [1.54, 1.807) is 13.8 Å². The van der Waals surface area contributed by atoms with E-state index in [2.05, 4.69) is 0 Å². The molecule has 1 aromatic carbocycles. The van der Waals surface area contributed by atoms with Gasteiger partial charge in [-0.15, -0.1) is 0 Å². The standard InChI is InChI=1S/C12H12F2O4/c1-5(2)8(12(15)16)6-3-7-9(13)10(14)11(6)18-4-17-7/h3,5,8H,4H2,1-2H3,(H,15,16). The second-order valence-corrected chi connectivity index (χ2v) is 4.39. The lowest BCUT2D eigenvalue weighted by Crippen LogP contribution is -2.18. The first-order valence-corrected chi connectivity index (χ1v) is 5.43. The van der Waals surface area contributed by atoms with E-state index in [9.17, 15) is 18.7 Å². The van der Waals surface area contributed by atoms with Crippen molar-refractivity contribution >= 4 is 5.97 Å². The van der Waals surface area contributed by atoms with Crippen molar-refractivity contribution in [2.24, 2.45) is 5.92 Å². The lowest BCUT2D eigenvalue weighted by Gasteiger charge is -2.18. The third-order valence-electron chi connectivity index (χ3n) is 2.84. The predicted octanol–water partition coefficient (Wildman–Crippen LogP) is 2.52. The molecule has 1 aromatic rings. The van der Waals surface area contributed by atoms with E-state index >= 15 is 0 Å². The number of fused-ring (bicyclic) bond motifs is 4. The van der Waals surface area contributed by atoms with E-state index in [1.807, 2.05) is 0 Å². The predicted molar refractivity (Wildman–Crippen MR) is 57.7 cm³/mol. The number of halogens is 2. The van der Waals surface area contributed by atoms with Crippen molar-refractivity contribution in [3.05, 3.63) is 23.3 Å². The van der Waals surface area contributed by atoms with Crippen LogP contribution in [0.4, 0.5) is 8.78 Å². The quantitative estimate of drug-likeness (QED) is 0.905. The second-order valence-electron chi connectivity index (χ2n) is 4.39. The van der Waals surface area contributed by atoms with E-state index in [1.165, 1.54) is 6.07 Å². The van der Waals surface area contributed by atoms with Gasteiger partial charge >= 0.3 is 5.97 Å². The van der Waals surface area contributed by atoms with Crippen LogP contribution >= 0.6 is 0 Å². The van der Waals surface area contributed by atoms with Crippen LogP contribution in [0, 0.1) is 17.6 Å². The van der Waals surface area contributed by atoms with Crippen LogP contribution in [0.25, 0.3) is 0 Å². The van der Waals surface area contributed by atoms with E-state index in [0.717, 1.165) is 0 Å². The van der Waals surface area contributed by atoms with Crippen molar-refractivity contribution in [3.8, 4) is 11.5 Å². The molecule has 2 aliphatic rings. The highest BCUT2D eigenvalue weighted by Crippen LogP contribution is 2.41. The third kappa shape index (κ3) is 1.87. The average molecular weight is 258 g/mol. The van der Waals surface area contributed by atoms with Crippen molar-refractivity contribution in [2.45, 2.75) is 19.8 Å². The number of ether oxygens (including phenoxy) is 2. The molecule has 98 valence electrons. The molecule has 6 heteroatoms. The van der Waals surface area contributed by atoms with Gasteiger partial charge in [-0.25, -0.2) is 0 Å². The number of carboxylic acids is 1. The molecular weight excluding hydrogens is 246 g/mol.